The second-order valence-electron chi connectivity index (χ2n) is 6.63. The van der Waals surface area contributed by atoms with E-state index in [0.717, 1.165) is 15.1 Å². The second-order valence-corrected chi connectivity index (χ2v) is 8.53. The highest BCUT2D eigenvalue weighted by Gasteiger charge is 2.34. The Bertz CT molecular complexity index is 1370. The molecule has 0 amide bonds. The van der Waals surface area contributed by atoms with Gasteiger partial charge < -0.3 is 4.42 Å². The molecule has 0 saturated carbocycles. The minimum Gasteiger partial charge on any atom is -0.456 e. The fourth-order valence-corrected chi connectivity index (χ4v) is 4.44. The molecule has 2 aromatic heterocycles. The summed E-state index contributed by atoms with van der Waals surface area (Å²) in [5, 5.41) is 0.473. The summed E-state index contributed by atoms with van der Waals surface area (Å²) in [6, 6.07) is 16.2. The summed E-state index contributed by atoms with van der Waals surface area (Å²) < 4.78 is 6.70. The standard InChI is InChI=1S/C24H10Cl2O3S/c25-19-11-16-17(12-20(19)26)24(28)18(23(16)27)8-14-9-22-21(29-14)10-15(30-22)7-6-13-4-2-1-3-5-13/h1-5,8-12H. The maximum Gasteiger partial charge on any atom is 0.197 e. The number of ketones is 2. The number of furan rings is 1. The number of halogens is 2. The van der Waals surface area contributed by atoms with E-state index in [1.165, 1.54) is 29.5 Å². The maximum atomic E-state index is 12.7. The number of hydrogen-bond donors (Lipinski definition) is 0. The molecule has 30 heavy (non-hydrogen) atoms. The van der Waals surface area contributed by atoms with Gasteiger partial charge in [0.1, 0.15) is 11.3 Å². The summed E-state index contributed by atoms with van der Waals surface area (Å²) in [6.07, 6.45) is 1.47. The number of benzene rings is 2. The van der Waals surface area contributed by atoms with Gasteiger partial charge in [-0.2, -0.15) is 0 Å². The number of allylic oxidation sites excluding steroid dienone is 1. The summed E-state index contributed by atoms with van der Waals surface area (Å²) in [4.78, 5) is 26.2. The molecule has 3 nitrogen and oxygen atoms in total. The van der Waals surface area contributed by atoms with Gasteiger partial charge in [-0.25, -0.2) is 0 Å². The molecule has 1 aliphatic carbocycles. The average Bonchev–Trinajstić information content (AvgIpc) is 3.35. The molecule has 0 bridgehead atoms. The lowest BCUT2D eigenvalue weighted by Crippen LogP contribution is -1.99. The summed E-state index contributed by atoms with van der Waals surface area (Å²) in [7, 11) is 0. The summed E-state index contributed by atoms with van der Waals surface area (Å²) in [5.41, 5.74) is 2.14. The van der Waals surface area contributed by atoms with Crippen LogP contribution in [0.25, 0.3) is 16.4 Å². The molecule has 0 spiro atoms. The smallest absolute Gasteiger partial charge is 0.197 e. The predicted octanol–water partition coefficient (Wildman–Crippen LogP) is 6.66. The summed E-state index contributed by atoms with van der Waals surface area (Å²) in [5.74, 6) is 5.90. The van der Waals surface area contributed by atoms with Gasteiger partial charge in [0.2, 0.25) is 0 Å². The van der Waals surface area contributed by atoms with Crippen LogP contribution in [0.3, 0.4) is 0 Å². The third kappa shape index (κ3) is 3.28. The third-order valence-corrected chi connectivity index (χ3v) is 6.36. The molecule has 0 aliphatic heterocycles. The van der Waals surface area contributed by atoms with Crippen LogP contribution in [0.2, 0.25) is 10.0 Å². The second kappa shape index (κ2) is 7.30. The molecule has 2 aromatic carbocycles. The lowest BCUT2D eigenvalue weighted by molar-refractivity contribution is 0.0990. The van der Waals surface area contributed by atoms with Gasteiger partial charge in [0.15, 0.2) is 11.6 Å². The van der Waals surface area contributed by atoms with Gasteiger partial charge in [0.25, 0.3) is 0 Å². The van der Waals surface area contributed by atoms with Gasteiger partial charge in [0, 0.05) is 28.8 Å². The van der Waals surface area contributed by atoms with Gasteiger partial charge in [-0.3, -0.25) is 9.59 Å². The van der Waals surface area contributed by atoms with E-state index in [1.807, 2.05) is 36.4 Å². The van der Waals surface area contributed by atoms with Crippen molar-refractivity contribution in [3.05, 3.63) is 97.5 Å². The van der Waals surface area contributed by atoms with Gasteiger partial charge in [-0.15, -0.1) is 11.3 Å². The van der Waals surface area contributed by atoms with Gasteiger partial charge in [-0.05, 0) is 30.3 Å². The number of Topliss-reactive ketones (excluding diaryl/α,β-unsaturated/α-hetero) is 2. The number of rotatable bonds is 1. The topological polar surface area (TPSA) is 47.3 Å². The van der Waals surface area contributed by atoms with E-state index in [2.05, 4.69) is 11.8 Å². The zero-order chi connectivity index (χ0) is 20.8. The Hall–Kier alpha value is -3.10. The van der Waals surface area contributed by atoms with Gasteiger partial charge in [-0.1, -0.05) is 53.2 Å². The number of carbonyl (C=O) groups is 2. The van der Waals surface area contributed by atoms with Crippen LogP contribution in [-0.4, -0.2) is 11.6 Å². The van der Waals surface area contributed by atoms with Crippen LogP contribution in [0.15, 0.2) is 64.6 Å². The molecule has 0 N–H and O–H groups in total. The Morgan fingerprint density at radius 3 is 2.17 bits per heavy atom. The molecule has 6 heteroatoms. The zero-order valence-corrected chi connectivity index (χ0v) is 17.5. The van der Waals surface area contributed by atoms with Crippen LogP contribution in [0.1, 0.15) is 36.9 Å². The van der Waals surface area contributed by atoms with Crippen LogP contribution in [-0.2, 0) is 0 Å². The minimum absolute atomic E-state index is 0.0360. The van der Waals surface area contributed by atoms with E-state index >= 15 is 0 Å². The van der Waals surface area contributed by atoms with Crippen LogP contribution in [0.5, 0.6) is 0 Å². The van der Waals surface area contributed by atoms with E-state index in [0.29, 0.717) is 11.3 Å². The summed E-state index contributed by atoms with van der Waals surface area (Å²) in [6.45, 7) is 0. The molecule has 0 saturated heterocycles. The molecule has 1 aliphatic rings. The Kier molecular flexibility index (Phi) is 4.60. The minimum atomic E-state index is -0.386. The van der Waals surface area contributed by atoms with Gasteiger partial charge in [0.05, 0.1) is 25.2 Å². The lowest BCUT2D eigenvalue weighted by Gasteiger charge is -1.98. The van der Waals surface area contributed by atoms with Crippen molar-refractivity contribution >= 4 is 62.5 Å². The molecule has 2 heterocycles. The average molecular weight is 449 g/mol. The van der Waals surface area contributed by atoms with Crippen molar-refractivity contribution in [2.24, 2.45) is 0 Å². The van der Waals surface area contributed by atoms with Crippen molar-refractivity contribution in [1.29, 1.82) is 0 Å². The van der Waals surface area contributed by atoms with Crippen molar-refractivity contribution in [1.82, 2.24) is 0 Å². The SMILES string of the molecule is O=C1C(=Cc2cc3sc(C#Cc4ccccc4)cc3o2)C(=O)c2cc(Cl)c(Cl)cc21. The van der Waals surface area contributed by atoms with E-state index in [1.54, 1.807) is 6.07 Å². The molecule has 144 valence electrons. The number of thiophene rings is 1. The molecule has 0 unspecified atom stereocenters. The van der Waals surface area contributed by atoms with E-state index in [-0.39, 0.29) is 38.3 Å². The van der Waals surface area contributed by atoms with Gasteiger partial charge >= 0.3 is 0 Å². The summed E-state index contributed by atoms with van der Waals surface area (Å²) >= 11 is 13.5. The molecule has 0 atom stereocenters. The van der Waals surface area contributed by atoms with E-state index < -0.39 is 0 Å². The van der Waals surface area contributed by atoms with Crippen molar-refractivity contribution in [2.75, 3.05) is 0 Å². The molecule has 4 aromatic rings. The highest BCUT2D eigenvalue weighted by molar-refractivity contribution is 7.19. The number of hydrogen-bond acceptors (Lipinski definition) is 4. The number of fused-ring (bicyclic) bond motifs is 2. The Balaban J connectivity index is 1.46. The van der Waals surface area contributed by atoms with Crippen LogP contribution in [0, 0.1) is 11.8 Å². The molecule has 0 fully saturated rings. The van der Waals surface area contributed by atoms with Crippen LogP contribution < -0.4 is 0 Å². The predicted molar refractivity (Wildman–Crippen MR) is 120 cm³/mol. The van der Waals surface area contributed by atoms with Crippen molar-refractivity contribution < 1.29 is 14.0 Å². The van der Waals surface area contributed by atoms with E-state index in [4.69, 9.17) is 27.6 Å². The Morgan fingerprint density at radius 2 is 1.53 bits per heavy atom. The monoisotopic (exact) mass is 448 g/mol. The Morgan fingerprint density at radius 1 is 0.867 bits per heavy atom. The molecular formula is C24H10Cl2O3S. The zero-order valence-electron chi connectivity index (χ0n) is 15.2. The first-order valence-electron chi connectivity index (χ1n) is 8.90. The van der Waals surface area contributed by atoms with Crippen molar-refractivity contribution in [3.63, 3.8) is 0 Å². The van der Waals surface area contributed by atoms with Crippen molar-refractivity contribution in [2.45, 2.75) is 0 Å². The molecule has 0 radical (unpaired) electrons. The van der Waals surface area contributed by atoms with Crippen LogP contribution in [0.4, 0.5) is 0 Å². The quantitative estimate of drug-likeness (QED) is 0.185. The maximum absolute atomic E-state index is 12.7. The normalized spacial score (nSPS) is 12.8. The highest BCUT2D eigenvalue weighted by atomic mass is 35.5. The van der Waals surface area contributed by atoms with Crippen LogP contribution >= 0.6 is 34.5 Å². The molecular weight excluding hydrogens is 439 g/mol. The fraction of sp³-hybridized carbons (Fsp3) is 0. The first-order valence-corrected chi connectivity index (χ1v) is 10.5. The Labute approximate surface area is 185 Å². The first kappa shape index (κ1) is 18.9. The first-order chi connectivity index (χ1) is 14.5. The third-order valence-electron chi connectivity index (χ3n) is 4.66. The van der Waals surface area contributed by atoms with E-state index in [9.17, 15) is 9.59 Å². The largest absolute Gasteiger partial charge is 0.456 e. The fourth-order valence-electron chi connectivity index (χ4n) is 3.23. The number of carbonyl (C=O) groups excluding carboxylic acids is 2. The highest BCUT2D eigenvalue weighted by Crippen LogP contribution is 2.35. The lowest BCUT2D eigenvalue weighted by atomic mass is 10.1. The van der Waals surface area contributed by atoms with Crippen molar-refractivity contribution in [3.8, 4) is 11.8 Å². The molecule has 5 rings (SSSR count).